The summed E-state index contributed by atoms with van der Waals surface area (Å²) in [7, 11) is 0. The number of aliphatic hydroxyl groups excluding tert-OH is 1. The topological polar surface area (TPSA) is 93.3 Å². The van der Waals surface area contributed by atoms with Gasteiger partial charge >= 0.3 is 6.09 Å². The summed E-state index contributed by atoms with van der Waals surface area (Å²) in [6.07, 6.45) is 0.785. The van der Waals surface area contributed by atoms with Crippen molar-refractivity contribution in [3.05, 3.63) is 0 Å². The maximum absolute atomic E-state index is 10.5. The number of carboxylic acid groups (broad SMARTS) is 1. The van der Waals surface area contributed by atoms with E-state index in [1.165, 1.54) is 0 Å². The lowest BCUT2D eigenvalue weighted by Crippen LogP contribution is -2.42. The van der Waals surface area contributed by atoms with Crippen LogP contribution < -0.4 is 5.32 Å². The number of carbonyl (C=O) groups is 1. The molecule has 0 radical (unpaired) electrons. The van der Waals surface area contributed by atoms with Crippen molar-refractivity contribution in [2.24, 2.45) is 5.41 Å². The third-order valence-corrected chi connectivity index (χ3v) is 2.51. The molecule has 17 heavy (non-hydrogen) atoms. The SMILES string of the molecule is CC(C)(C)CCCC[C@H](NC(=O)O)C(O)C#N. The molecule has 0 aromatic heterocycles. The van der Waals surface area contributed by atoms with Crippen molar-refractivity contribution in [1.82, 2.24) is 5.32 Å². The van der Waals surface area contributed by atoms with Crippen molar-refractivity contribution in [2.75, 3.05) is 0 Å². The summed E-state index contributed by atoms with van der Waals surface area (Å²) >= 11 is 0. The average molecular weight is 242 g/mol. The highest BCUT2D eigenvalue weighted by molar-refractivity contribution is 5.65. The predicted molar refractivity (Wildman–Crippen MR) is 64.5 cm³/mol. The second-order valence-corrected chi connectivity index (χ2v) is 5.44. The molecule has 0 aliphatic rings. The van der Waals surface area contributed by atoms with Crippen LogP contribution in [0.25, 0.3) is 0 Å². The largest absolute Gasteiger partial charge is 0.465 e. The van der Waals surface area contributed by atoms with Gasteiger partial charge in [0.1, 0.15) is 0 Å². The minimum atomic E-state index is -1.28. The van der Waals surface area contributed by atoms with E-state index < -0.39 is 18.2 Å². The highest BCUT2D eigenvalue weighted by Crippen LogP contribution is 2.22. The molecule has 0 spiro atoms. The molecule has 1 unspecified atom stereocenters. The number of hydrogen-bond donors (Lipinski definition) is 3. The van der Waals surface area contributed by atoms with Gasteiger partial charge in [-0.3, -0.25) is 0 Å². The van der Waals surface area contributed by atoms with Crippen LogP contribution in [0.15, 0.2) is 0 Å². The van der Waals surface area contributed by atoms with E-state index in [4.69, 9.17) is 10.4 Å². The highest BCUT2D eigenvalue weighted by atomic mass is 16.4. The van der Waals surface area contributed by atoms with Gasteiger partial charge in [-0.1, -0.05) is 33.6 Å². The summed E-state index contributed by atoms with van der Waals surface area (Å²) in [5.41, 5.74) is 0.254. The van der Waals surface area contributed by atoms with Crippen molar-refractivity contribution >= 4 is 6.09 Å². The van der Waals surface area contributed by atoms with Crippen LogP contribution in [0.3, 0.4) is 0 Å². The van der Waals surface area contributed by atoms with Crippen molar-refractivity contribution in [1.29, 1.82) is 5.26 Å². The molecule has 0 aliphatic carbocycles. The Bertz CT molecular complexity index is 278. The molecule has 0 bridgehead atoms. The van der Waals surface area contributed by atoms with E-state index in [1.807, 2.05) is 0 Å². The first-order valence-electron chi connectivity index (χ1n) is 5.83. The number of nitriles is 1. The Balaban J connectivity index is 4.01. The maximum Gasteiger partial charge on any atom is 0.405 e. The van der Waals surface area contributed by atoms with Crippen LogP contribution in [0.2, 0.25) is 0 Å². The van der Waals surface area contributed by atoms with E-state index >= 15 is 0 Å². The van der Waals surface area contributed by atoms with E-state index in [0.29, 0.717) is 6.42 Å². The Morgan fingerprint density at radius 1 is 1.41 bits per heavy atom. The Morgan fingerprint density at radius 2 is 2.00 bits per heavy atom. The molecule has 0 aromatic carbocycles. The van der Waals surface area contributed by atoms with Crippen molar-refractivity contribution < 1.29 is 15.0 Å². The number of aliphatic hydroxyl groups is 1. The smallest absolute Gasteiger partial charge is 0.405 e. The van der Waals surface area contributed by atoms with E-state index in [1.54, 1.807) is 6.07 Å². The van der Waals surface area contributed by atoms with Gasteiger partial charge < -0.3 is 15.5 Å². The monoisotopic (exact) mass is 242 g/mol. The van der Waals surface area contributed by atoms with E-state index in [2.05, 4.69) is 26.1 Å². The zero-order valence-corrected chi connectivity index (χ0v) is 10.7. The van der Waals surface area contributed by atoms with Gasteiger partial charge in [0.05, 0.1) is 12.1 Å². The van der Waals surface area contributed by atoms with Crippen LogP contribution in [0, 0.1) is 16.7 Å². The molecule has 0 saturated carbocycles. The zero-order valence-electron chi connectivity index (χ0n) is 10.7. The molecule has 5 nitrogen and oxygen atoms in total. The lowest BCUT2D eigenvalue weighted by atomic mass is 9.89. The number of nitrogens with one attached hydrogen (secondary N) is 1. The van der Waals surface area contributed by atoms with Gasteiger partial charge in [-0.05, 0) is 18.3 Å². The number of hydrogen-bond acceptors (Lipinski definition) is 3. The normalized spacial score (nSPS) is 14.8. The first kappa shape index (κ1) is 15.7. The molecule has 5 heteroatoms. The van der Waals surface area contributed by atoms with Crippen molar-refractivity contribution in [2.45, 2.75) is 58.6 Å². The van der Waals surface area contributed by atoms with Crippen LogP contribution in [0.1, 0.15) is 46.5 Å². The molecule has 3 N–H and O–H groups in total. The third-order valence-electron chi connectivity index (χ3n) is 2.51. The first-order chi connectivity index (χ1) is 7.76. The van der Waals surface area contributed by atoms with Gasteiger partial charge in [0.15, 0.2) is 6.10 Å². The number of nitrogens with zero attached hydrogens (tertiary/aromatic N) is 1. The van der Waals surface area contributed by atoms with Crippen molar-refractivity contribution in [3.8, 4) is 6.07 Å². The number of unbranched alkanes of at least 4 members (excludes halogenated alkanes) is 1. The summed E-state index contributed by atoms with van der Waals surface area (Å²) in [6.45, 7) is 6.43. The Labute approximate surface area is 102 Å². The quantitative estimate of drug-likeness (QED) is 0.491. The molecule has 0 rings (SSSR count). The molecular formula is C12H22N2O3. The standard InChI is InChI=1S/C12H22N2O3/c1-12(2,3)7-5-4-6-9(10(15)8-13)14-11(16)17/h9-10,14-15H,4-7H2,1-3H3,(H,16,17)/t9-,10?/m0/s1. The Hall–Kier alpha value is -1.28. The van der Waals surface area contributed by atoms with Crippen molar-refractivity contribution in [3.63, 3.8) is 0 Å². The van der Waals surface area contributed by atoms with Gasteiger partial charge in [-0.15, -0.1) is 0 Å². The lowest BCUT2D eigenvalue weighted by Gasteiger charge is -2.20. The van der Waals surface area contributed by atoms with Gasteiger partial charge in [0, 0.05) is 0 Å². The molecule has 0 saturated heterocycles. The molecule has 0 aromatic rings. The lowest BCUT2D eigenvalue weighted by molar-refractivity contribution is 0.149. The molecule has 2 atom stereocenters. The fourth-order valence-corrected chi connectivity index (χ4v) is 1.58. The summed E-state index contributed by atoms with van der Waals surface area (Å²) in [5, 5.41) is 28.7. The van der Waals surface area contributed by atoms with Crippen LogP contribution in [-0.4, -0.2) is 28.5 Å². The van der Waals surface area contributed by atoms with Crippen LogP contribution in [-0.2, 0) is 0 Å². The van der Waals surface area contributed by atoms with Gasteiger partial charge in [-0.2, -0.15) is 5.26 Å². The fourth-order valence-electron chi connectivity index (χ4n) is 1.58. The second kappa shape index (κ2) is 7.13. The molecular weight excluding hydrogens is 220 g/mol. The third kappa shape index (κ3) is 8.52. The fraction of sp³-hybridized carbons (Fsp3) is 0.833. The molecule has 1 amide bonds. The molecule has 0 fully saturated rings. The minimum absolute atomic E-state index is 0.254. The van der Waals surface area contributed by atoms with E-state index in [0.717, 1.165) is 19.3 Å². The first-order valence-corrected chi connectivity index (χ1v) is 5.83. The summed E-state index contributed by atoms with van der Waals surface area (Å²) < 4.78 is 0. The molecule has 98 valence electrons. The highest BCUT2D eigenvalue weighted by Gasteiger charge is 2.20. The molecule has 0 aliphatic heterocycles. The van der Waals surface area contributed by atoms with Crippen LogP contribution >= 0.6 is 0 Å². The summed E-state index contributed by atoms with van der Waals surface area (Å²) in [5.74, 6) is 0. The number of amides is 1. The maximum atomic E-state index is 10.5. The van der Waals surface area contributed by atoms with Crippen LogP contribution in [0.5, 0.6) is 0 Å². The number of rotatable bonds is 6. The van der Waals surface area contributed by atoms with E-state index in [-0.39, 0.29) is 5.41 Å². The molecule has 0 heterocycles. The van der Waals surface area contributed by atoms with Gasteiger partial charge in [0.25, 0.3) is 0 Å². The minimum Gasteiger partial charge on any atom is -0.465 e. The summed E-state index contributed by atoms with van der Waals surface area (Å²) in [6, 6.07) is 0.960. The zero-order chi connectivity index (χ0) is 13.5. The Kier molecular flexibility index (Phi) is 6.59. The Morgan fingerprint density at radius 3 is 2.41 bits per heavy atom. The second-order valence-electron chi connectivity index (χ2n) is 5.44. The predicted octanol–water partition coefficient (Wildman–Crippen LogP) is 2.11. The average Bonchev–Trinajstić information content (AvgIpc) is 2.19. The summed E-state index contributed by atoms with van der Waals surface area (Å²) in [4.78, 5) is 10.5. The van der Waals surface area contributed by atoms with Crippen LogP contribution in [0.4, 0.5) is 4.79 Å². The van der Waals surface area contributed by atoms with Gasteiger partial charge in [-0.25, -0.2) is 4.79 Å². The van der Waals surface area contributed by atoms with E-state index in [9.17, 15) is 9.90 Å². The van der Waals surface area contributed by atoms with Gasteiger partial charge in [0.2, 0.25) is 0 Å².